The molecule has 0 saturated carbocycles. The maximum absolute atomic E-state index is 11.5. The zero-order chi connectivity index (χ0) is 10.4. The molecule has 0 radical (unpaired) electrons. The summed E-state index contributed by atoms with van der Waals surface area (Å²) in [4.78, 5) is 11.5. The fraction of sp³-hybridized carbons (Fsp3) is 0.900. The molecule has 13 heavy (non-hydrogen) atoms. The fourth-order valence-corrected chi connectivity index (χ4v) is 1.32. The molecule has 2 N–H and O–H groups in total. The van der Waals surface area contributed by atoms with Crippen LogP contribution in [0, 0.1) is 5.92 Å². The molecule has 0 bridgehead atoms. The van der Waals surface area contributed by atoms with E-state index in [0.29, 0.717) is 5.92 Å². The van der Waals surface area contributed by atoms with Crippen molar-refractivity contribution in [1.82, 2.24) is 5.32 Å². The number of hydrogen-bond donors (Lipinski definition) is 2. The second kappa shape index (κ2) is 6.11. The first kappa shape index (κ1) is 12.6. The van der Waals surface area contributed by atoms with Crippen LogP contribution < -0.4 is 5.32 Å². The Kier molecular flexibility index (Phi) is 5.91. The fourth-order valence-electron chi connectivity index (χ4n) is 1.32. The molecule has 0 heterocycles. The molecule has 0 aromatic heterocycles. The lowest BCUT2D eigenvalue weighted by atomic mass is 9.97. The zero-order valence-electron chi connectivity index (χ0n) is 9.00. The Morgan fingerprint density at radius 2 is 1.92 bits per heavy atom. The maximum atomic E-state index is 11.5. The van der Waals surface area contributed by atoms with Crippen LogP contribution in [0.25, 0.3) is 0 Å². The Labute approximate surface area is 80.5 Å². The summed E-state index contributed by atoms with van der Waals surface area (Å²) in [6.07, 6.45) is 0.552. The van der Waals surface area contributed by atoms with Crippen molar-refractivity contribution >= 4 is 5.78 Å². The summed E-state index contributed by atoms with van der Waals surface area (Å²) in [6, 6.07) is -0.102. The van der Waals surface area contributed by atoms with Crippen LogP contribution in [0.3, 0.4) is 0 Å². The quantitative estimate of drug-likeness (QED) is 0.651. The van der Waals surface area contributed by atoms with Gasteiger partial charge in [-0.15, -0.1) is 0 Å². The number of aliphatic hydroxyl groups is 1. The largest absolute Gasteiger partial charge is 0.393 e. The molecule has 0 aromatic carbocycles. The van der Waals surface area contributed by atoms with Gasteiger partial charge in [0.15, 0.2) is 5.78 Å². The van der Waals surface area contributed by atoms with E-state index in [1.807, 2.05) is 0 Å². The second-order valence-electron chi connectivity index (χ2n) is 3.99. The lowest BCUT2D eigenvalue weighted by Crippen LogP contribution is -2.36. The third-order valence-electron chi connectivity index (χ3n) is 1.94. The molecule has 78 valence electrons. The van der Waals surface area contributed by atoms with Crippen molar-refractivity contribution in [2.75, 3.05) is 7.05 Å². The molecule has 0 amide bonds. The van der Waals surface area contributed by atoms with Crippen LogP contribution in [0.5, 0.6) is 0 Å². The van der Waals surface area contributed by atoms with Gasteiger partial charge in [0.2, 0.25) is 0 Å². The van der Waals surface area contributed by atoms with Crippen LogP contribution in [-0.2, 0) is 4.79 Å². The predicted octanol–water partition coefficient (Wildman–Crippen LogP) is 0.960. The molecule has 0 aliphatic rings. The van der Waals surface area contributed by atoms with Gasteiger partial charge in [-0.1, -0.05) is 13.8 Å². The topological polar surface area (TPSA) is 49.3 Å². The van der Waals surface area contributed by atoms with Gasteiger partial charge in [-0.05, 0) is 26.3 Å². The van der Waals surface area contributed by atoms with E-state index in [4.69, 9.17) is 5.11 Å². The molecule has 1 unspecified atom stereocenters. The molecule has 0 rings (SSSR count). The molecule has 0 aliphatic carbocycles. The third-order valence-corrected chi connectivity index (χ3v) is 1.94. The summed E-state index contributed by atoms with van der Waals surface area (Å²) < 4.78 is 0. The van der Waals surface area contributed by atoms with Crippen molar-refractivity contribution in [2.24, 2.45) is 5.92 Å². The van der Waals surface area contributed by atoms with Crippen molar-refractivity contribution in [3.8, 4) is 0 Å². The maximum Gasteiger partial charge on any atom is 0.152 e. The van der Waals surface area contributed by atoms with Crippen molar-refractivity contribution < 1.29 is 9.90 Å². The highest BCUT2D eigenvalue weighted by Crippen LogP contribution is 2.07. The first-order valence-corrected chi connectivity index (χ1v) is 4.85. The average Bonchev–Trinajstić information content (AvgIpc) is 1.98. The minimum absolute atomic E-state index is 0.102. The van der Waals surface area contributed by atoms with E-state index in [1.54, 1.807) is 14.0 Å². The molecule has 2 atom stereocenters. The van der Waals surface area contributed by atoms with Crippen molar-refractivity contribution in [3.63, 3.8) is 0 Å². The number of carbonyl (C=O) groups excluding carboxylic acids is 1. The second-order valence-corrected chi connectivity index (χ2v) is 3.99. The Morgan fingerprint density at radius 3 is 2.23 bits per heavy atom. The van der Waals surface area contributed by atoms with E-state index in [-0.39, 0.29) is 18.2 Å². The molecule has 0 aliphatic heterocycles. The van der Waals surface area contributed by atoms with Gasteiger partial charge in [0.05, 0.1) is 12.1 Å². The van der Waals surface area contributed by atoms with Gasteiger partial charge in [-0.3, -0.25) is 4.79 Å². The number of carbonyl (C=O) groups is 1. The van der Waals surface area contributed by atoms with E-state index in [9.17, 15) is 4.79 Å². The van der Waals surface area contributed by atoms with E-state index >= 15 is 0 Å². The molecule has 0 aromatic rings. The molecule has 0 fully saturated rings. The highest BCUT2D eigenvalue weighted by atomic mass is 16.3. The van der Waals surface area contributed by atoms with Crippen LogP contribution in [0.15, 0.2) is 0 Å². The standard InChI is InChI=1S/C10H21NO2/c1-7(2)5-9(11-4)10(13)6-8(3)12/h7-9,11-12H,5-6H2,1-4H3/t8?,9-/m0/s1. The Hall–Kier alpha value is -0.410. The van der Waals surface area contributed by atoms with Crippen molar-refractivity contribution in [2.45, 2.75) is 45.8 Å². The highest BCUT2D eigenvalue weighted by molar-refractivity contribution is 5.84. The van der Waals surface area contributed by atoms with Gasteiger partial charge in [-0.2, -0.15) is 0 Å². The summed E-state index contributed by atoms with van der Waals surface area (Å²) in [6.45, 7) is 5.81. The lowest BCUT2D eigenvalue weighted by Gasteiger charge is -2.17. The van der Waals surface area contributed by atoms with Crippen molar-refractivity contribution in [3.05, 3.63) is 0 Å². The predicted molar refractivity (Wildman–Crippen MR) is 53.6 cm³/mol. The molecule has 0 saturated heterocycles. The number of ketones is 1. The Balaban J connectivity index is 3.99. The number of hydrogen-bond acceptors (Lipinski definition) is 3. The van der Waals surface area contributed by atoms with Crippen LogP contribution in [0.2, 0.25) is 0 Å². The van der Waals surface area contributed by atoms with Gasteiger partial charge in [-0.25, -0.2) is 0 Å². The third kappa shape index (κ3) is 5.77. The summed E-state index contributed by atoms with van der Waals surface area (Å²) in [7, 11) is 1.78. The lowest BCUT2D eigenvalue weighted by molar-refractivity contribution is -0.123. The van der Waals surface area contributed by atoms with Crippen LogP contribution in [0.4, 0.5) is 0 Å². The Morgan fingerprint density at radius 1 is 1.38 bits per heavy atom. The van der Waals surface area contributed by atoms with Gasteiger partial charge >= 0.3 is 0 Å². The number of Topliss-reactive ketones (excluding diaryl/α,β-unsaturated/α-hetero) is 1. The minimum Gasteiger partial charge on any atom is -0.393 e. The van der Waals surface area contributed by atoms with Gasteiger partial charge < -0.3 is 10.4 Å². The first-order valence-electron chi connectivity index (χ1n) is 4.85. The highest BCUT2D eigenvalue weighted by Gasteiger charge is 2.18. The van der Waals surface area contributed by atoms with E-state index < -0.39 is 6.10 Å². The molecule has 3 nitrogen and oxygen atoms in total. The van der Waals surface area contributed by atoms with Crippen LogP contribution in [-0.4, -0.2) is 30.1 Å². The summed E-state index contributed by atoms with van der Waals surface area (Å²) in [5, 5.41) is 12.0. The molecular weight excluding hydrogens is 166 g/mol. The molecule has 3 heteroatoms. The SMILES string of the molecule is CN[C@@H](CC(C)C)C(=O)CC(C)O. The van der Waals surface area contributed by atoms with Gasteiger partial charge in [0.25, 0.3) is 0 Å². The van der Waals surface area contributed by atoms with Crippen LogP contribution >= 0.6 is 0 Å². The monoisotopic (exact) mass is 187 g/mol. The summed E-state index contributed by atoms with van der Waals surface area (Å²) >= 11 is 0. The summed E-state index contributed by atoms with van der Waals surface area (Å²) in [5.41, 5.74) is 0. The van der Waals surface area contributed by atoms with Gasteiger partial charge in [0, 0.05) is 6.42 Å². The number of nitrogens with one attached hydrogen (secondary N) is 1. The average molecular weight is 187 g/mol. The summed E-state index contributed by atoms with van der Waals surface area (Å²) in [5.74, 6) is 0.599. The Bertz CT molecular complexity index is 155. The number of rotatable bonds is 6. The van der Waals surface area contributed by atoms with E-state index in [0.717, 1.165) is 6.42 Å². The first-order chi connectivity index (χ1) is 5.97. The van der Waals surface area contributed by atoms with Gasteiger partial charge in [0.1, 0.15) is 0 Å². The zero-order valence-corrected chi connectivity index (χ0v) is 9.00. The van der Waals surface area contributed by atoms with Crippen molar-refractivity contribution in [1.29, 1.82) is 0 Å². The molecular formula is C10H21NO2. The van der Waals surface area contributed by atoms with Crippen LogP contribution in [0.1, 0.15) is 33.6 Å². The number of aliphatic hydroxyl groups excluding tert-OH is 1. The normalized spacial score (nSPS) is 15.8. The van der Waals surface area contributed by atoms with E-state index in [2.05, 4.69) is 19.2 Å². The van der Waals surface area contributed by atoms with E-state index in [1.165, 1.54) is 0 Å². The number of likely N-dealkylation sites (N-methyl/N-ethyl adjacent to an activating group) is 1. The molecule has 0 spiro atoms. The minimum atomic E-state index is -0.532. The smallest absolute Gasteiger partial charge is 0.152 e.